The molecule has 0 unspecified atom stereocenters. The molecule has 1 aliphatic rings. The first-order chi connectivity index (χ1) is 14.7. The minimum atomic E-state index is 0.761. The summed E-state index contributed by atoms with van der Waals surface area (Å²) in [5.41, 5.74) is 4.08. The molecule has 0 bridgehead atoms. The van der Waals surface area contributed by atoms with Gasteiger partial charge in [0.25, 0.3) is 0 Å². The van der Waals surface area contributed by atoms with Gasteiger partial charge in [0.1, 0.15) is 11.5 Å². The van der Waals surface area contributed by atoms with Gasteiger partial charge in [-0.05, 0) is 30.3 Å². The second-order valence-corrected chi connectivity index (χ2v) is 7.18. The summed E-state index contributed by atoms with van der Waals surface area (Å²) in [7, 11) is 2.05. The van der Waals surface area contributed by atoms with Crippen LogP contribution in [0.3, 0.4) is 0 Å². The molecule has 0 amide bonds. The van der Waals surface area contributed by atoms with Gasteiger partial charge in [0.15, 0.2) is 0 Å². The summed E-state index contributed by atoms with van der Waals surface area (Å²) >= 11 is 0. The van der Waals surface area contributed by atoms with Crippen LogP contribution in [0.1, 0.15) is 0 Å². The van der Waals surface area contributed by atoms with Crippen LogP contribution in [-0.2, 0) is 0 Å². The zero-order valence-electron chi connectivity index (χ0n) is 16.6. The maximum absolute atomic E-state index is 6.14. The average molecular weight is 395 g/mol. The first-order valence-corrected chi connectivity index (χ1v) is 9.73. The van der Waals surface area contributed by atoms with Gasteiger partial charge < -0.3 is 14.5 Å². The highest BCUT2D eigenvalue weighted by atomic mass is 16.5. The van der Waals surface area contributed by atoms with E-state index in [1.165, 1.54) is 0 Å². The first kappa shape index (κ1) is 18.0. The molecule has 2 aromatic heterocycles. The summed E-state index contributed by atoms with van der Waals surface area (Å²) < 4.78 is 7.99. The van der Waals surface area contributed by atoms with Crippen molar-refractivity contribution in [3.63, 3.8) is 0 Å². The number of benzene rings is 2. The largest absolute Gasteiger partial charge is 0.457 e. The van der Waals surface area contributed by atoms with E-state index in [0.717, 1.165) is 40.7 Å². The van der Waals surface area contributed by atoms with Gasteiger partial charge in [-0.3, -0.25) is 4.98 Å². The van der Waals surface area contributed by atoms with Crippen LogP contribution < -0.4 is 9.64 Å². The van der Waals surface area contributed by atoms with E-state index in [1.54, 1.807) is 6.20 Å². The molecular weight excluding hydrogens is 374 g/mol. The molecule has 6 heteroatoms. The number of hydrogen-bond donors (Lipinski definition) is 0. The molecule has 0 radical (unpaired) electrons. The number of aromatic nitrogens is 3. The number of anilines is 1. The molecule has 0 spiro atoms. The predicted molar refractivity (Wildman–Crippen MR) is 118 cm³/mol. The Bertz CT molecular complexity index is 1180. The van der Waals surface area contributed by atoms with Crippen molar-refractivity contribution in [3.05, 3.63) is 97.9 Å². The Morgan fingerprint density at radius 1 is 0.833 bits per heavy atom. The fraction of sp³-hybridized carbons (Fsp3) is 0.0833. The molecular formula is C24H21N5O. The van der Waals surface area contributed by atoms with Gasteiger partial charge in [0.05, 0.1) is 18.6 Å². The van der Waals surface area contributed by atoms with Crippen molar-refractivity contribution in [3.8, 4) is 28.3 Å². The van der Waals surface area contributed by atoms with E-state index < -0.39 is 0 Å². The Morgan fingerprint density at radius 3 is 2.37 bits per heavy atom. The lowest BCUT2D eigenvalue weighted by Gasteiger charge is -2.19. The first-order valence-electron chi connectivity index (χ1n) is 9.73. The van der Waals surface area contributed by atoms with Gasteiger partial charge in [-0.2, -0.15) is 5.10 Å². The van der Waals surface area contributed by atoms with E-state index in [9.17, 15) is 0 Å². The highest BCUT2D eigenvalue weighted by Gasteiger charge is 2.11. The number of rotatable bonds is 5. The third kappa shape index (κ3) is 3.75. The third-order valence-electron chi connectivity index (χ3n) is 4.92. The van der Waals surface area contributed by atoms with Crippen molar-refractivity contribution in [1.82, 2.24) is 19.7 Å². The van der Waals surface area contributed by atoms with Crippen LogP contribution in [0.4, 0.5) is 5.69 Å². The molecule has 0 saturated carbocycles. The fourth-order valence-electron chi connectivity index (χ4n) is 3.39. The minimum Gasteiger partial charge on any atom is -0.457 e. The van der Waals surface area contributed by atoms with Crippen molar-refractivity contribution < 1.29 is 4.74 Å². The zero-order chi connectivity index (χ0) is 20.3. The van der Waals surface area contributed by atoms with E-state index >= 15 is 0 Å². The number of ether oxygens (including phenoxy) is 1. The summed E-state index contributed by atoms with van der Waals surface area (Å²) in [6.07, 6.45) is 11.6. The third-order valence-corrected chi connectivity index (χ3v) is 4.92. The molecule has 0 fully saturated rings. The van der Waals surface area contributed by atoms with E-state index in [4.69, 9.17) is 4.74 Å². The summed E-state index contributed by atoms with van der Waals surface area (Å²) in [6.45, 7) is 0.831. The molecule has 3 heterocycles. The van der Waals surface area contributed by atoms with Gasteiger partial charge in [-0.25, -0.2) is 4.68 Å². The normalized spacial score (nSPS) is 13.1. The van der Waals surface area contributed by atoms with Crippen LogP contribution in [0.2, 0.25) is 0 Å². The molecule has 4 aromatic rings. The molecule has 1 aliphatic heterocycles. The van der Waals surface area contributed by atoms with Gasteiger partial charge in [-0.15, -0.1) is 0 Å². The molecule has 5 rings (SSSR count). The molecule has 0 N–H and O–H groups in total. The van der Waals surface area contributed by atoms with Crippen LogP contribution in [-0.4, -0.2) is 33.4 Å². The molecule has 0 saturated heterocycles. The maximum Gasteiger partial charge on any atom is 0.129 e. The summed E-state index contributed by atoms with van der Waals surface area (Å²) in [5.74, 6) is 1.56. The van der Waals surface area contributed by atoms with Crippen molar-refractivity contribution in [2.24, 2.45) is 0 Å². The molecule has 0 atom stereocenters. The SMILES string of the molecule is CN1C=CN(c2cccc(Oc3cccc(-n4cc(-c5cccnc5)cn4)c3)c2)C1. The number of pyridine rings is 1. The Hall–Kier alpha value is -4.06. The molecule has 0 aliphatic carbocycles. The number of hydrogen-bond acceptors (Lipinski definition) is 5. The quantitative estimate of drug-likeness (QED) is 0.481. The van der Waals surface area contributed by atoms with Crippen LogP contribution in [0.5, 0.6) is 11.5 Å². The molecule has 2 aromatic carbocycles. The topological polar surface area (TPSA) is 46.4 Å². The Kier molecular flexibility index (Phi) is 4.65. The highest BCUT2D eigenvalue weighted by molar-refractivity contribution is 5.61. The van der Waals surface area contributed by atoms with Crippen molar-refractivity contribution in [1.29, 1.82) is 0 Å². The lowest BCUT2D eigenvalue weighted by molar-refractivity contribution is 0.480. The van der Waals surface area contributed by atoms with Crippen LogP contribution in [0.25, 0.3) is 16.8 Å². The van der Waals surface area contributed by atoms with Gasteiger partial charge >= 0.3 is 0 Å². The van der Waals surface area contributed by atoms with E-state index in [-0.39, 0.29) is 0 Å². The van der Waals surface area contributed by atoms with Crippen molar-refractivity contribution in [2.45, 2.75) is 0 Å². The maximum atomic E-state index is 6.14. The van der Waals surface area contributed by atoms with Crippen LogP contribution in [0.15, 0.2) is 97.9 Å². The Balaban J connectivity index is 1.36. The molecule has 148 valence electrons. The van der Waals surface area contributed by atoms with Crippen molar-refractivity contribution >= 4 is 5.69 Å². The standard InChI is InChI=1S/C24H21N5O/c1-27-11-12-28(18-27)21-6-2-8-23(13-21)30-24-9-3-7-22(14-24)29-17-20(16-26-29)19-5-4-10-25-15-19/h2-17H,18H2,1H3. The summed E-state index contributed by atoms with van der Waals surface area (Å²) in [5, 5.41) is 4.50. The fourth-order valence-corrected chi connectivity index (χ4v) is 3.39. The van der Waals surface area contributed by atoms with E-state index in [1.807, 2.05) is 77.9 Å². The second kappa shape index (κ2) is 7.75. The van der Waals surface area contributed by atoms with Crippen LogP contribution in [0, 0.1) is 0 Å². The summed E-state index contributed by atoms with van der Waals surface area (Å²) in [4.78, 5) is 8.48. The monoisotopic (exact) mass is 395 g/mol. The molecule has 30 heavy (non-hydrogen) atoms. The average Bonchev–Trinajstić information content (AvgIpc) is 3.44. The van der Waals surface area contributed by atoms with Gasteiger partial charge in [0, 0.05) is 67.0 Å². The minimum absolute atomic E-state index is 0.761. The lowest BCUT2D eigenvalue weighted by atomic mass is 10.2. The van der Waals surface area contributed by atoms with E-state index in [2.05, 4.69) is 45.4 Å². The van der Waals surface area contributed by atoms with Crippen LogP contribution >= 0.6 is 0 Å². The Morgan fingerprint density at radius 2 is 1.63 bits per heavy atom. The molecule has 6 nitrogen and oxygen atoms in total. The van der Waals surface area contributed by atoms with E-state index in [0.29, 0.717) is 0 Å². The lowest BCUT2D eigenvalue weighted by Crippen LogP contribution is -2.21. The highest BCUT2D eigenvalue weighted by Crippen LogP contribution is 2.29. The van der Waals surface area contributed by atoms with Gasteiger partial charge in [-0.1, -0.05) is 18.2 Å². The number of nitrogens with zero attached hydrogens (tertiary/aromatic N) is 5. The summed E-state index contributed by atoms with van der Waals surface area (Å²) in [6, 6.07) is 20.0. The zero-order valence-corrected chi connectivity index (χ0v) is 16.6. The smallest absolute Gasteiger partial charge is 0.129 e. The Labute approximate surface area is 175 Å². The second-order valence-electron chi connectivity index (χ2n) is 7.18. The predicted octanol–water partition coefficient (Wildman–Crippen LogP) is 4.91. The van der Waals surface area contributed by atoms with Gasteiger partial charge in [0.2, 0.25) is 0 Å². The van der Waals surface area contributed by atoms with Crippen molar-refractivity contribution in [2.75, 3.05) is 18.6 Å².